The minimum absolute atomic E-state index is 0.640. The quantitative estimate of drug-likeness (QED) is 0.801. The van der Waals surface area contributed by atoms with Crippen LogP contribution in [-0.2, 0) is 0 Å². The van der Waals surface area contributed by atoms with Crippen LogP contribution in [0.15, 0.2) is 43.0 Å². The van der Waals surface area contributed by atoms with Gasteiger partial charge in [0.15, 0.2) is 5.65 Å². The molecule has 0 saturated carbocycles. The van der Waals surface area contributed by atoms with Crippen molar-refractivity contribution in [2.24, 2.45) is 11.7 Å². The Morgan fingerprint density at radius 3 is 2.70 bits per heavy atom. The molecule has 3 aromatic rings. The molecule has 4 rings (SSSR count). The third kappa shape index (κ3) is 2.55. The van der Waals surface area contributed by atoms with Gasteiger partial charge in [-0.3, -0.25) is 4.57 Å². The van der Waals surface area contributed by atoms with E-state index in [2.05, 4.69) is 25.9 Å². The number of nitrogens with two attached hydrogens (primary N) is 1. The number of piperidine rings is 1. The molecule has 1 aliphatic rings. The second-order valence-corrected chi connectivity index (χ2v) is 5.97. The van der Waals surface area contributed by atoms with Gasteiger partial charge in [0, 0.05) is 25.5 Å². The molecule has 0 aromatic carbocycles. The van der Waals surface area contributed by atoms with Crippen LogP contribution in [0.2, 0.25) is 0 Å². The van der Waals surface area contributed by atoms with Crippen molar-refractivity contribution in [3.8, 4) is 5.82 Å². The first kappa shape index (κ1) is 14.1. The highest BCUT2D eigenvalue weighted by Crippen LogP contribution is 2.28. The number of pyridine rings is 1. The van der Waals surface area contributed by atoms with Crippen molar-refractivity contribution in [2.75, 3.05) is 24.5 Å². The summed E-state index contributed by atoms with van der Waals surface area (Å²) < 4.78 is 2.01. The van der Waals surface area contributed by atoms with Gasteiger partial charge in [0.2, 0.25) is 0 Å². The zero-order chi connectivity index (χ0) is 15.6. The van der Waals surface area contributed by atoms with Crippen molar-refractivity contribution >= 4 is 16.9 Å². The van der Waals surface area contributed by atoms with Gasteiger partial charge in [-0.1, -0.05) is 6.07 Å². The van der Waals surface area contributed by atoms with Crippen molar-refractivity contribution in [1.82, 2.24) is 19.5 Å². The van der Waals surface area contributed by atoms with Crippen LogP contribution in [-0.4, -0.2) is 39.2 Å². The van der Waals surface area contributed by atoms with E-state index in [4.69, 9.17) is 5.73 Å². The molecular weight excluding hydrogens is 288 g/mol. The van der Waals surface area contributed by atoms with Crippen molar-refractivity contribution in [1.29, 1.82) is 0 Å². The van der Waals surface area contributed by atoms with Gasteiger partial charge in [0.25, 0.3) is 0 Å². The summed E-state index contributed by atoms with van der Waals surface area (Å²) >= 11 is 0. The van der Waals surface area contributed by atoms with E-state index < -0.39 is 0 Å². The van der Waals surface area contributed by atoms with Crippen molar-refractivity contribution in [3.05, 3.63) is 43.0 Å². The molecule has 1 aliphatic heterocycles. The van der Waals surface area contributed by atoms with E-state index >= 15 is 0 Å². The second-order valence-electron chi connectivity index (χ2n) is 5.97. The highest BCUT2D eigenvalue weighted by Gasteiger charge is 2.21. The van der Waals surface area contributed by atoms with Crippen LogP contribution < -0.4 is 10.6 Å². The number of hydrogen-bond acceptors (Lipinski definition) is 5. The van der Waals surface area contributed by atoms with Gasteiger partial charge in [-0.05, 0) is 43.5 Å². The maximum absolute atomic E-state index is 5.79. The summed E-state index contributed by atoms with van der Waals surface area (Å²) in [6, 6.07) is 7.95. The third-order valence-electron chi connectivity index (χ3n) is 4.60. The fraction of sp³-hybridized carbons (Fsp3) is 0.353. The molecule has 0 unspecified atom stereocenters. The van der Waals surface area contributed by atoms with Crippen LogP contribution in [0.5, 0.6) is 0 Å². The van der Waals surface area contributed by atoms with Gasteiger partial charge in [-0.25, -0.2) is 15.0 Å². The Morgan fingerprint density at radius 1 is 1.09 bits per heavy atom. The lowest BCUT2D eigenvalue weighted by molar-refractivity contribution is 0.413. The fourth-order valence-corrected chi connectivity index (χ4v) is 3.25. The van der Waals surface area contributed by atoms with Crippen molar-refractivity contribution in [3.63, 3.8) is 0 Å². The molecule has 6 heteroatoms. The van der Waals surface area contributed by atoms with Crippen LogP contribution in [0.4, 0.5) is 5.82 Å². The Hall–Kier alpha value is -2.47. The smallest absolute Gasteiger partial charge is 0.151 e. The topological polar surface area (TPSA) is 72.9 Å². The second kappa shape index (κ2) is 5.96. The lowest BCUT2D eigenvalue weighted by Gasteiger charge is -2.32. The van der Waals surface area contributed by atoms with Gasteiger partial charge in [-0.15, -0.1) is 0 Å². The summed E-state index contributed by atoms with van der Waals surface area (Å²) in [6.07, 6.45) is 7.71. The Bertz CT molecular complexity index is 789. The predicted molar refractivity (Wildman–Crippen MR) is 90.7 cm³/mol. The lowest BCUT2D eigenvalue weighted by Crippen LogP contribution is -2.36. The maximum atomic E-state index is 5.79. The minimum atomic E-state index is 0.640. The number of fused-ring (bicyclic) bond motifs is 1. The molecule has 2 N–H and O–H groups in total. The standard InChI is InChI=1S/C17H20N6/c18-11-13-4-8-22(9-5-13)16-14-6-10-23(17(14)21-12-20-16)15-3-1-2-7-19-15/h1-3,6-7,10,12-13H,4-5,8-9,11,18H2. The monoisotopic (exact) mass is 308 g/mol. The highest BCUT2D eigenvalue weighted by atomic mass is 15.2. The van der Waals surface area contributed by atoms with Crippen molar-refractivity contribution in [2.45, 2.75) is 12.8 Å². The van der Waals surface area contributed by atoms with Crippen LogP contribution in [0, 0.1) is 5.92 Å². The molecule has 0 radical (unpaired) electrons. The molecule has 118 valence electrons. The van der Waals surface area contributed by atoms with E-state index in [1.807, 2.05) is 29.0 Å². The Kier molecular flexibility index (Phi) is 3.67. The first-order valence-corrected chi connectivity index (χ1v) is 8.05. The lowest BCUT2D eigenvalue weighted by atomic mass is 9.97. The van der Waals surface area contributed by atoms with Crippen LogP contribution in [0.1, 0.15) is 12.8 Å². The summed E-state index contributed by atoms with van der Waals surface area (Å²) in [5, 5.41) is 1.07. The van der Waals surface area contributed by atoms with E-state index in [0.29, 0.717) is 5.92 Å². The fourth-order valence-electron chi connectivity index (χ4n) is 3.25. The van der Waals surface area contributed by atoms with Crippen LogP contribution in [0.3, 0.4) is 0 Å². The predicted octanol–water partition coefficient (Wildman–Crippen LogP) is 1.99. The largest absolute Gasteiger partial charge is 0.356 e. The van der Waals surface area contributed by atoms with E-state index in [0.717, 1.165) is 55.1 Å². The molecule has 0 bridgehead atoms. The maximum Gasteiger partial charge on any atom is 0.151 e. The van der Waals surface area contributed by atoms with Gasteiger partial charge in [-0.2, -0.15) is 0 Å². The molecule has 23 heavy (non-hydrogen) atoms. The average Bonchev–Trinajstić information content (AvgIpc) is 3.07. The first-order chi connectivity index (χ1) is 11.4. The third-order valence-corrected chi connectivity index (χ3v) is 4.60. The zero-order valence-electron chi connectivity index (χ0n) is 13.0. The molecular formula is C17H20N6. The van der Waals surface area contributed by atoms with Gasteiger partial charge >= 0.3 is 0 Å². The Balaban J connectivity index is 1.71. The molecule has 0 aliphatic carbocycles. The summed E-state index contributed by atoms with van der Waals surface area (Å²) in [5.41, 5.74) is 6.69. The number of aromatic nitrogens is 4. The van der Waals surface area contributed by atoms with Crippen molar-refractivity contribution < 1.29 is 0 Å². The SMILES string of the molecule is NCC1CCN(c2ncnc3c2ccn3-c2ccccn2)CC1. The molecule has 3 aromatic heterocycles. The molecule has 4 heterocycles. The number of hydrogen-bond donors (Lipinski definition) is 1. The molecule has 1 saturated heterocycles. The minimum Gasteiger partial charge on any atom is -0.356 e. The van der Waals surface area contributed by atoms with E-state index in [1.165, 1.54) is 0 Å². The average molecular weight is 308 g/mol. The molecule has 0 amide bonds. The van der Waals surface area contributed by atoms with Crippen LogP contribution in [0.25, 0.3) is 16.9 Å². The van der Waals surface area contributed by atoms with E-state index in [1.54, 1.807) is 12.5 Å². The Morgan fingerprint density at radius 2 is 1.96 bits per heavy atom. The zero-order valence-corrected chi connectivity index (χ0v) is 13.0. The number of anilines is 1. The first-order valence-electron chi connectivity index (χ1n) is 8.05. The summed E-state index contributed by atoms with van der Waals surface area (Å²) in [6.45, 7) is 2.79. The summed E-state index contributed by atoms with van der Waals surface area (Å²) in [4.78, 5) is 15.8. The molecule has 1 fully saturated rings. The molecule has 0 atom stereocenters. The molecule has 6 nitrogen and oxygen atoms in total. The summed E-state index contributed by atoms with van der Waals surface area (Å²) in [7, 11) is 0. The normalized spacial score (nSPS) is 16.1. The van der Waals surface area contributed by atoms with E-state index in [-0.39, 0.29) is 0 Å². The number of nitrogens with zero attached hydrogens (tertiary/aromatic N) is 5. The van der Waals surface area contributed by atoms with E-state index in [9.17, 15) is 0 Å². The highest BCUT2D eigenvalue weighted by molar-refractivity contribution is 5.88. The molecule has 0 spiro atoms. The van der Waals surface area contributed by atoms with Crippen LogP contribution >= 0.6 is 0 Å². The van der Waals surface area contributed by atoms with Gasteiger partial charge in [0.1, 0.15) is 18.0 Å². The van der Waals surface area contributed by atoms with Gasteiger partial charge < -0.3 is 10.6 Å². The number of rotatable bonds is 3. The summed E-state index contributed by atoms with van der Waals surface area (Å²) in [5.74, 6) is 2.52. The Labute approximate surface area is 135 Å². The van der Waals surface area contributed by atoms with Gasteiger partial charge in [0.05, 0.1) is 5.39 Å².